The van der Waals surface area contributed by atoms with Crippen LogP contribution in [0.15, 0.2) is 30.6 Å². The van der Waals surface area contributed by atoms with Crippen molar-refractivity contribution < 1.29 is 13.0 Å². The third-order valence-corrected chi connectivity index (χ3v) is 3.30. The Balaban J connectivity index is 0.000000443. The lowest BCUT2D eigenvalue weighted by molar-refractivity contribution is 0.476. The summed E-state index contributed by atoms with van der Waals surface area (Å²) < 4.78 is 29.1. The maximum absolute atomic E-state index is 10.3. The molecule has 1 aromatic rings. The highest BCUT2D eigenvalue weighted by Crippen LogP contribution is 2.09. The van der Waals surface area contributed by atoms with Gasteiger partial charge in [0.25, 0.3) is 10.1 Å². The van der Waals surface area contributed by atoms with Gasteiger partial charge in [-0.25, -0.2) is 0 Å². The maximum Gasteiger partial charge on any atom is 0.264 e. The second kappa shape index (κ2) is 10.9. The SMILES string of the molecule is CC(C)CCCCCCS(=O)(=O)O.c1ccncc1. The van der Waals surface area contributed by atoms with E-state index in [0.29, 0.717) is 6.42 Å². The fourth-order valence-electron chi connectivity index (χ4n) is 1.50. The fourth-order valence-corrected chi connectivity index (χ4v) is 2.07. The minimum Gasteiger partial charge on any atom is -0.286 e. The van der Waals surface area contributed by atoms with E-state index in [0.717, 1.165) is 25.2 Å². The van der Waals surface area contributed by atoms with Crippen LogP contribution in [0.25, 0.3) is 0 Å². The summed E-state index contributed by atoms with van der Waals surface area (Å²) in [5.41, 5.74) is 0. The normalized spacial score (nSPS) is 10.9. The van der Waals surface area contributed by atoms with E-state index in [1.807, 2.05) is 18.2 Å². The van der Waals surface area contributed by atoms with Crippen molar-refractivity contribution in [1.82, 2.24) is 4.98 Å². The van der Waals surface area contributed by atoms with Crippen LogP contribution in [0, 0.1) is 5.92 Å². The summed E-state index contributed by atoms with van der Waals surface area (Å²) >= 11 is 0. The molecule has 0 aliphatic carbocycles. The molecule has 0 amide bonds. The van der Waals surface area contributed by atoms with Gasteiger partial charge in [0.15, 0.2) is 0 Å². The molecule has 110 valence electrons. The minimum atomic E-state index is -3.73. The minimum absolute atomic E-state index is 0.0886. The largest absolute Gasteiger partial charge is 0.286 e. The van der Waals surface area contributed by atoms with E-state index in [-0.39, 0.29) is 5.75 Å². The lowest BCUT2D eigenvalue weighted by Gasteiger charge is -2.03. The van der Waals surface area contributed by atoms with Gasteiger partial charge in [0.1, 0.15) is 0 Å². The average Bonchev–Trinajstić information content (AvgIpc) is 2.35. The topological polar surface area (TPSA) is 67.3 Å². The van der Waals surface area contributed by atoms with Gasteiger partial charge in [0.2, 0.25) is 0 Å². The van der Waals surface area contributed by atoms with Crippen molar-refractivity contribution in [2.75, 3.05) is 5.75 Å². The van der Waals surface area contributed by atoms with E-state index in [1.165, 1.54) is 6.42 Å². The molecule has 0 bridgehead atoms. The fraction of sp³-hybridized carbons (Fsp3) is 0.643. The monoisotopic (exact) mass is 287 g/mol. The molecule has 1 aromatic heterocycles. The average molecular weight is 287 g/mol. The quantitative estimate of drug-likeness (QED) is 0.615. The van der Waals surface area contributed by atoms with Crippen LogP contribution in [0.5, 0.6) is 0 Å². The van der Waals surface area contributed by atoms with Crippen molar-refractivity contribution in [2.45, 2.75) is 46.0 Å². The van der Waals surface area contributed by atoms with E-state index in [1.54, 1.807) is 12.4 Å². The van der Waals surface area contributed by atoms with Gasteiger partial charge in [0.05, 0.1) is 5.75 Å². The zero-order valence-corrected chi connectivity index (χ0v) is 12.6. The lowest BCUT2D eigenvalue weighted by atomic mass is 10.0. The molecule has 0 aliphatic rings. The van der Waals surface area contributed by atoms with Crippen molar-refractivity contribution in [1.29, 1.82) is 0 Å². The van der Waals surface area contributed by atoms with Crippen LogP contribution < -0.4 is 0 Å². The van der Waals surface area contributed by atoms with Crippen molar-refractivity contribution in [3.05, 3.63) is 30.6 Å². The van der Waals surface area contributed by atoms with E-state index in [4.69, 9.17) is 4.55 Å². The zero-order valence-electron chi connectivity index (χ0n) is 11.8. The second-order valence-corrected chi connectivity index (χ2v) is 6.48. The van der Waals surface area contributed by atoms with Gasteiger partial charge in [-0.1, -0.05) is 45.6 Å². The molecule has 1 rings (SSSR count). The smallest absolute Gasteiger partial charge is 0.264 e. The highest BCUT2D eigenvalue weighted by atomic mass is 32.2. The van der Waals surface area contributed by atoms with Gasteiger partial charge in [0, 0.05) is 12.4 Å². The number of hydrogen-bond donors (Lipinski definition) is 1. The molecular formula is C14H25NO3S. The number of nitrogens with zero attached hydrogens (tertiary/aromatic N) is 1. The first-order chi connectivity index (χ1) is 8.92. The molecule has 0 aliphatic heterocycles. The van der Waals surface area contributed by atoms with Crippen molar-refractivity contribution >= 4 is 10.1 Å². The molecule has 0 unspecified atom stereocenters. The molecule has 1 N–H and O–H groups in total. The van der Waals surface area contributed by atoms with E-state index in [9.17, 15) is 8.42 Å². The van der Waals surface area contributed by atoms with Crippen LogP contribution >= 0.6 is 0 Å². The van der Waals surface area contributed by atoms with Crippen molar-refractivity contribution in [3.8, 4) is 0 Å². The molecule has 0 saturated carbocycles. The molecule has 0 aromatic carbocycles. The highest BCUT2D eigenvalue weighted by molar-refractivity contribution is 7.85. The van der Waals surface area contributed by atoms with Crippen LogP contribution in [0.2, 0.25) is 0 Å². The molecule has 5 heteroatoms. The first-order valence-corrected chi connectivity index (χ1v) is 8.33. The van der Waals surface area contributed by atoms with Gasteiger partial charge in [-0.3, -0.25) is 9.54 Å². The van der Waals surface area contributed by atoms with Gasteiger partial charge in [-0.05, 0) is 24.5 Å². The van der Waals surface area contributed by atoms with Crippen LogP contribution in [-0.2, 0) is 10.1 Å². The molecule has 0 atom stereocenters. The Kier molecular flexibility index (Phi) is 10.4. The Morgan fingerprint density at radius 1 is 1.00 bits per heavy atom. The number of rotatable bonds is 7. The Labute approximate surface area is 117 Å². The standard InChI is InChI=1S/C9H20O3S.C5H5N/c1-9(2)7-5-3-4-6-8-13(10,11)12;1-2-4-6-5-3-1/h9H,3-8H2,1-2H3,(H,10,11,12);1-5H. The molecule has 4 nitrogen and oxygen atoms in total. The summed E-state index contributed by atoms with van der Waals surface area (Å²) in [7, 11) is -3.73. The Hall–Kier alpha value is -0.940. The summed E-state index contributed by atoms with van der Waals surface area (Å²) in [6.07, 6.45) is 8.39. The van der Waals surface area contributed by atoms with Crippen molar-refractivity contribution in [2.24, 2.45) is 5.92 Å². The first kappa shape index (κ1) is 18.1. The summed E-state index contributed by atoms with van der Waals surface area (Å²) in [5, 5.41) is 0. The summed E-state index contributed by atoms with van der Waals surface area (Å²) in [6.45, 7) is 4.36. The summed E-state index contributed by atoms with van der Waals surface area (Å²) in [6, 6.07) is 5.72. The van der Waals surface area contributed by atoms with Gasteiger partial charge >= 0.3 is 0 Å². The number of pyridine rings is 1. The second-order valence-electron chi connectivity index (χ2n) is 4.91. The first-order valence-electron chi connectivity index (χ1n) is 6.72. The molecular weight excluding hydrogens is 262 g/mol. The third kappa shape index (κ3) is 17.1. The van der Waals surface area contributed by atoms with Crippen LogP contribution in [-0.4, -0.2) is 23.7 Å². The number of unbranched alkanes of at least 4 members (excludes halogenated alkanes) is 3. The van der Waals surface area contributed by atoms with Gasteiger partial charge in [-0.15, -0.1) is 0 Å². The van der Waals surface area contributed by atoms with Gasteiger partial charge < -0.3 is 0 Å². The summed E-state index contributed by atoms with van der Waals surface area (Å²) in [5.74, 6) is 0.635. The lowest BCUT2D eigenvalue weighted by Crippen LogP contribution is -2.03. The predicted octanol–water partition coefficient (Wildman–Crippen LogP) is 3.56. The van der Waals surface area contributed by atoms with E-state index >= 15 is 0 Å². The molecule has 1 heterocycles. The van der Waals surface area contributed by atoms with E-state index < -0.39 is 10.1 Å². The van der Waals surface area contributed by atoms with Crippen LogP contribution in [0.4, 0.5) is 0 Å². The third-order valence-electron chi connectivity index (χ3n) is 2.50. The Morgan fingerprint density at radius 2 is 1.58 bits per heavy atom. The zero-order chi connectivity index (χ0) is 14.6. The van der Waals surface area contributed by atoms with Crippen LogP contribution in [0.1, 0.15) is 46.0 Å². The molecule has 0 spiro atoms. The molecule has 0 fully saturated rings. The van der Waals surface area contributed by atoms with Gasteiger partial charge in [-0.2, -0.15) is 8.42 Å². The molecule has 0 saturated heterocycles. The number of hydrogen-bond acceptors (Lipinski definition) is 3. The maximum atomic E-state index is 10.3. The molecule has 19 heavy (non-hydrogen) atoms. The van der Waals surface area contributed by atoms with Crippen LogP contribution in [0.3, 0.4) is 0 Å². The number of aromatic nitrogens is 1. The summed E-state index contributed by atoms with van der Waals surface area (Å²) in [4.78, 5) is 3.78. The predicted molar refractivity (Wildman–Crippen MR) is 78.6 cm³/mol. The molecule has 0 radical (unpaired) electrons. The highest BCUT2D eigenvalue weighted by Gasteiger charge is 2.02. The Bertz CT molecular complexity index is 364. The van der Waals surface area contributed by atoms with E-state index in [2.05, 4.69) is 18.8 Å². The Morgan fingerprint density at radius 3 is 1.95 bits per heavy atom. The van der Waals surface area contributed by atoms with Crippen molar-refractivity contribution in [3.63, 3.8) is 0 Å².